The number of aromatic nitrogens is 1. The third-order valence-corrected chi connectivity index (χ3v) is 6.77. The topological polar surface area (TPSA) is 89.3 Å². The van der Waals surface area contributed by atoms with Crippen molar-refractivity contribution >= 4 is 32.8 Å². The summed E-state index contributed by atoms with van der Waals surface area (Å²) in [6, 6.07) is 7.92. The first-order valence-corrected chi connectivity index (χ1v) is 10.2. The number of nitrogens with zero attached hydrogens (tertiary/aromatic N) is 1. The summed E-state index contributed by atoms with van der Waals surface area (Å²) in [5.74, 6) is 0.512. The van der Waals surface area contributed by atoms with Crippen LogP contribution < -0.4 is 4.72 Å². The minimum Gasteiger partial charge on any atom is -0.355 e. The Kier molecular flexibility index (Phi) is 4.72. The van der Waals surface area contributed by atoms with Crippen molar-refractivity contribution in [2.75, 3.05) is 4.72 Å². The standard InChI is InChI=1S/C18H18N2O4S2/c1-10-11(2)19-24-18(10)16-9-17(13(4)25-16)26(22,23)20-15-7-5-14(6-8-15)12(3)21/h5-9,20H,1-4H3. The van der Waals surface area contributed by atoms with Crippen LogP contribution in [0.3, 0.4) is 0 Å². The van der Waals surface area contributed by atoms with Gasteiger partial charge in [0, 0.05) is 21.7 Å². The Morgan fingerprint density at radius 3 is 2.35 bits per heavy atom. The fraction of sp³-hybridized carbons (Fsp3) is 0.222. The summed E-state index contributed by atoms with van der Waals surface area (Å²) in [6.07, 6.45) is 0. The van der Waals surface area contributed by atoms with Gasteiger partial charge >= 0.3 is 0 Å². The van der Waals surface area contributed by atoms with Crippen LogP contribution in [-0.2, 0) is 10.0 Å². The quantitative estimate of drug-likeness (QED) is 0.655. The zero-order valence-electron chi connectivity index (χ0n) is 14.8. The van der Waals surface area contributed by atoms with E-state index in [1.807, 2.05) is 13.8 Å². The molecule has 0 amide bonds. The molecule has 0 aliphatic heterocycles. The van der Waals surface area contributed by atoms with Crippen LogP contribution in [0.1, 0.15) is 33.4 Å². The van der Waals surface area contributed by atoms with Crippen molar-refractivity contribution < 1.29 is 17.7 Å². The molecule has 8 heteroatoms. The number of hydrogen-bond acceptors (Lipinski definition) is 6. The number of sulfonamides is 1. The highest BCUT2D eigenvalue weighted by atomic mass is 32.2. The molecular weight excluding hydrogens is 372 g/mol. The van der Waals surface area contributed by atoms with Gasteiger partial charge < -0.3 is 4.52 Å². The molecule has 0 saturated heterocycles. The number of rotatable bonds is 5. The summed E-state index contributed by atoms with van der Waals surface area (Å²) in [4.78, 5) is 12.9. The van der Waals surface area contributed by atoms with Crippen molar-refractivity contribution in [3.8, 4) is 10.6 Å². The van der Waals surface area contributed by atoms with Gasteiger partial charge in [0.15, 0.2) is 11.5 Å². The van der Waals surface area contributed by atoms with Crippen LogP contribution in [0.15, 0.2) is 39.8 Å². The Balaban J connectivity index is 1.92. The number of benzene rings is 1. The molecule has 3 aromatic rings. The van der Waals surface area contributed by atoms with Crippen LogP contribution in [-0.4, -0.2) is 19.4 Å². The van der Waals surface area contributed by atoms with Gasteiger partial charge in [-0.2, -0.15) is 0 Å². The third-order valence-electron chi connectivity index (χ3n) is 4.09. The first-order valence-electron chi connectivity index (χ1n) is 7.86. The van der Waals surface area contributed by atoms with Crippen LogP contribution in [0.25, 0.3) is 10.6 Å². The maximum atomic E-state index is 12.8. The number of hydrogen-bond donors (Lipinski definition) is 1. The maximum absolute atomic E-state index is 12.8. The summed E-state index contributed by atoms with van der Waals surface area (Å²) in [6.45, 7) is 6.94. The first-order chi connectivity index (χ1) is 12.2. The van der Waals surface area contributed by atoms with Gasteiger partial charge in [-0.3, -0.25) is 9.52 Å². The number of thiophene rings is 1. The summed E-state index contributed by atoms with van der Waals surface area (Å²) in [7, 11) is -3.76. The van der Waals surface area contributed by atoms with Gasteiger partial charge in [0.1, 0.15) is 4.90 Å². The first kappa shape index (κ1) is 18.3. The highest BCUT2D eigenvalue weighted by Gasteiger charge is 2.23. The molecule has 6 nitrogen and oxygen atoms in total. The average Bonchev–Trinajstić information content (AvgIpc) is 3.11. The molecule has 2 heterocycles. The predicted molar refractivity (Wildman–Crippen MR) is 101 cm³/mol. The molecule has 0 radical (unpaired) electrons. The SMILES string of the molecule is CC(=O)c1ccc(NS(=O)(=O)c2cc(-c3onc(C)c3C)sc2C)cc1. The molecule has 26 heavy (non-hydrogen) atoms. The van der Waals surface area contributed by atoms with Crippen molar-refractivity contribution in [2.24, 2.45) is 0 Å². The molecule has 0 bridgehead atoms. The van der Waals surface area contributed by atoms with Gasteiger partial charge in [-0.15, -0.1) is 11.3 Å². The Labute approximate surface area is 155 Å². The summed E-state index contributed by atoms with van der Waals surface area (Å²) in [5, 5.41) is 3.92. The molecule has 0 aliphatic rings. The Hall–Kier alpha value is -2.45. The van der Waals surface area contributed by atoms with Crippen molar-refractivity contribution in [3.63, 3.8) is 0 Å². The highest BCUT2D eigenvalue weighted by Crippen LogP contribution is 2.36. The van der Waals surface area contributed by atoms with E-state index in [4.69, 9.17) is 4.52 Å². The number of nitrogens with one attached hydrogen (secondary N) is 1. The molecule has 1 N–H and O–H groups in total. The largest absolute Gasteiger partial charge is 0.355 e. The van der Waals surface area contributed by atoms with Crippen molar-refractivity contribution in [1.82, 2.24) is 5.16 Å². The van der Waals surface area contributed by atoms with E-state index in [-0.39, 0.29) is 10.7 Å². The average molecular weight is 390 g/mol. The van der Waals surface area contributed by atoms with Crippen LogP contribution >= 0.6 is 11.3 Å². The van der Waals surface area contributed by atoms with Gasteiger partial charge in [0.25, 0.3) is 10.0 Å². The van der Waals surface area contributed by atoms with Crippen molar-refractivity contribution in [3.05, 3.63) is 52.0 Å². The zero-order chi connectivity index (χ0) is 19.1. The minimum atomic E-state index is -3.76. The molecule has 1 aromatic carbocycles. The number of anilines is 1. The van der Waals surface area contributed by atoms with E-state index in [1.165, 1.54) is 18.3 Å². The minimum absolute atomic E-state index is 0.0737. The second-order valence-electron chi connectivity index (χ2n) is 5.99. The van der Waals surface area contributed by atoms with Gasteiger partial charge in [-0.25, -0.2) is 8.42 Å². The van der Waals surface area contributed by atoms with E-state index in [2.05, 4.69) is 9.88 Å². The lowest BCUT2D eigenvalue weighted by molar-refractivity contribution is 0.101. The molecule has 0 unspecified atom stereocenters. The number of Topliss-reactive ketones (excluding diaryl/α,β-unsaturated/α-hetero) is 1. The fourth-order valence-corrected chi connectivity index (χ4v) is 5.16. The summed E-state index contributed by atoms with van der Waals surface area (Å²) in [5.41, 5.74) is 2.59. The highest BCUT2D eigenvalue weighted by molar-refractivity contribution is 7.93. The van der Waals surface area contributed by atoms with Crippen molar-refractivity contribution in [2.45, 2.75) is 32.6 Å². The van der Waals surface area contributed by atoms with E-state index in [0.717, 1.165) is 11.3 Å². The van der Waals surface area contributed by atoms with Crippen LogP contribution in [0.2, 0.25) is 0 Å². The molecule has 0 fully saturated rings. The maximum Gasteiger partial charge on any atom is 0.263 e. The predicted octanol–water partition coefficient (Wildman–Crippen LogP) is 4.33. The lowest BCUT2D eigenvalue weighted by atomic mass is 10.1. The van der Waals surface area contributed by atoms with Crippen LogP contribution in [0.4, 0.5) is 5.69 Å². The van der Waals surface area contributed by atoms with Crippen molar-refractivity contribution in [1.29, 1.82) is 0 Å². The van der Waals surface area contributed by atoms with Gasteiger partial charge in [0.05, 0.1) is 10.6 Å². The normalized spacial score (nSPS) is 11.5. The number of aryl methyl sites for hydroxylation is 2. The van der Waals surface area contributed by atoms with Crippen LogP contribution in [0, 0.1) is 20.8 Å². The summed E-state index contributed by atoms with van der Waals surface area (Å²) >= 11 is 1.34. The third kappa shape index (κ3) is 3.42. The molecular formula is C18H18N2O4S2. The molecule has 2 aromatic heterocycles. The van der Waals surface area contributed by atoms with Gasteiger partial charge in [0.2, 0.25) is 0 Å². The molecule has 0 spiro atoms. The fourth-order valence-electron chi connectivity index (χ4n) is 2.47. The molecule has 0 saturated carbocycles. The summed E-state index contributed by atoms with van der Waals surface area (Å²) < 4.78 is 33.4. The molecule has 0 atom stereocenters. The zero-order valence-corrected chi connectivity index (χ0v) is 16.4. The Bertz CT molecular complexity index is 1080. The number of carbonyl (C=O) groups excluding carboxylic acids is 1. The second-order valence-corrected chi connectivity index (χ2v) is 8.90. The van der Waals surface area contributed by atoms with E-state index in [9.17, 15) is 13.2 Å². The number of carbonyl (C=O) groups is 1. The van der Waals surface area contributed by atoms with Gasteiger partial charge in [-0.05, 0) is 58.0 Å². The lowest BCUT2D eigenvalue weighted by Crippen LogP contribution is -2.13. The molecule has 0 aliphatic carbocycles. The van der Waals surface area contributed by atoms with Gasteiger partial charge in [-0.1, -0.05) is 5.16 Å². The van der Waals surface area contributed by atoms with E-state index < -0.39 is 10.0 Å². The monoisotopic (exact) mass is 390 g/mol. The Morgan fingerprint density at radius 1 is 1.15 bits per heavy atom. The second kappa shape index (κ2) is 6.69. The van der Waals surface area contributed by atoms with Crippen LogP contribution in [0.5, 0.6) is 0 Å². The smallest absolute Gasteiger partial charge is 0.263 e. The van der Waals surface area contributed by atoms with E-state index >= 15 is 0 Å². The van der Waals surface area contributed by atoms with E-state index in [1.54, 1.807) is 37.3 Å². The molecule has 3 rings (SSSR count). The number of ketones is 1. The Morgan fingerprint density at radius 2 is 1.81 bits per heavy atom. The lowest BCUT2D eigenvalue weighted by Gasteiger charge is -2.08. The van der Waals surface area contributed by atoms with E-state index in [0.29, 0.717) is 26.8 Å². The molecule has 136 valence electrons.